The van der Waals surface area contributed by atoms with Gasteiger partial charge in [-0.15, -0.1) is 0 Å². The van der Waals surface area contributed by atoms with E-state index in [1.54, 1.807) is 30.3 Å². The molecule has 0 atom stereocenters. The molecule has 0 aromatic heterocycles. The van der Waals surface area contributed by atoms with Crippen LogP contribution in [0, 0.1) is 0 Å². The van der Waals surface area contributed by atoms with Gasteiger partial charge in [0.1, 0.15) is 0 Å². The standard InChI is InChI=1S/C56H39N/c1-3-12-40(13-4-1)42-22-24-43(25-23-42)44-28-33-51(34-29-44)57(53-20-11-19-49(39-53)50-27-26-41-14-7-8-18-48(41)38-50)52-35-30-46(31-36-52)55-37-32-45-15-9-10-21-54(45)56(55)47-16-5-2-6-17-47/h1-39H/i11D,19D,20D,28D,29D,33D,34D,39D. The van der Waals surface area contributed by atoms with Crippen molar-refractivity contribution in [3.8, 4) is 55.6 Å². The zero-order chi connectivity index (χ0) is 44.9. The summed E-state index contributed by atoms with van der Waals surface area (Å²) in [5.74, 6) is 0. The van der Waals surface area contributed by atoms with Crippen LogP contribution in [0.3, 0.4) is 0 Å². The van der Waals surface area contributed by atoms with Crippen molar-refractivity contribution in [2.45, 2.75) is 0 Å². The lowest BCUT2D eigenvalue weighted by Crippen LogP contribution is -2.10. The predicted octanol–water partition coefficient (Wildman–Crippen LogP) is 15.8. The third kappa shape index (κ3) is 6.77. The minimum atomic E-state index is -0.452. The first kappa shape index (κ1) is 26.3. The Bertz CT molecular complexity index is 3420. The Kier molecular flexibility index (Phi) is 6.92. The number of hydrogen-bond acceptors (Lipinski definition) is 1. The summed E-state index contributed by atoms with van der Waals surface area (Å²) < 4.78 is 75.5. The molecule has 0 unspecified atom stereocenters. The maximum atomic E-state index is 9.81. The Labute approximate surface area is 345 Å². The van der Waals surface area contributed by atoms with Gasteiger partial charge in [-0.05, 0) is 120 Å². The number of anilines is 3. The van der Waals surface area contributed by atoms with Crippen LogP contribution < -0.4 is 4.90 Å². The van der Waals surface area contributed by atoms with Crippen LogP contribution in [0.15, 0.2) is 236 Å². The van der Waals surface area contributed by atoms with E-state index in [-0.39, 0.29) is 58.8 Å². The number of hydrogen-bond donors (Lipinski definition) is 0. The van der Waals surface area contributed by atoms with Crippen molar-refractivity contribution in [1.82, 2.24) is 0 Å². The van der Waals surface area contributed by atoms with Crippen molar-refractivity contribution in [2.75, 3.05) is 4.90 Å². The van der Waals surface area contributed by atoms with Gasteiger partial charge in [0.05, 0.1) is 11.0 Å². The van der Waals surface area contributed by atoms with Crippen molar-refractivity contribution in [3.05, 3.63) is 236 Å². The number of rotatable bonds is 8. The fourth-order valence-electron chi connectivity index (χ4n) is 7.54. The van der Waals surface area contributed by atoms with Gasteiger partial charge < -0.3 is 4.90 Å². The summed E-state index contributed by atoms with van der Waals surface area (Å²) in [6.45, 7) is 0. The third-order valence-corrected chi connectivity index (χ3v) is 10.4. The summed E-state index contributed by atoms with van der Waals surface area (Å²) in [7, 11) is 0. The Balaban J connectivity index is 1.19. The zero-order valence-corrected chi connectivity index (χ0v) is 30.8. The second kappa shape index (κ2) is 15.0. The van der Waals surface area contributed by atoms with Crippen LogP contribution in [0.25, 0.3) is 77.2 Å². The monoisotopic (exact) mass is 733 g/mol. The smallest absolute Gasteiger partial charge is 0.0651 e. The maximum Gasteiger partial charge on any atom is 0.0651 e. The molecule has 10 aromatic carbocycles. The molecule has 0 heterocycles. The van der Waals surface area contributed by atoms with E-state index in [1.165, 1.54) is 4.90 Å². The topological polar surface area (TPSA) is 3.24 Å². The minimum absolute atomic E-state index is 0.111. The molecule has 268 valence electrons. The molecule has 0 radical (unpaired) electrons. The Morgan fingerprint density at radius 2 is 0.877 bits per heavy atom. The molecule has 10 rings (SSSR count). The Hall–Kier alpha value is -7.48. The van der Waals surface area contributed by atoms with Crippen LogP contribution in [0.4, 0.5) is 17.1 Å². The Morgan fingerprint density at radius 1 is 0.316 bits per heavy atom. The van der Waals surface area contributed by atoms with Gasteiger partial charge in [0.15, 0.2) is 0 Å². The molecule has 0 aliphatic heterocycles. The molecule has 57 heavy (non-hydrogen) atoms. The van der Waals surface area contributed by atoms with Crippen LogP contribution >= 0.6 is 0 Å². The molecule has 0 aliphatic carbocycles. The molecule has 0 bridgehead atoms. The number of nitrogens with zero attached hydrogens (tertiary/aromatic N) is 1. The van der Waals surface area contributed by atoms with Gasteiger partial charge in [-0.3, -0.25) is 0 Å². The zero-order valence-electron chi connectivity index (χ0n) is 38.8. The molecule has 0 fully saturated rings. The first-order valence-electron chi connectivity index (χ1n) is 22.9. The minimum Gasteiger partial charge on any atom is -0.310 e. The third-order valence-electron chi connectivity index (χ3n) is 10.4. The van der Waals surface area contributed by atoms with Crippen LogP contribution in [0.5, 0.6) is 0 Å². The molecule has 0 saturated carbocycles. The quantitative estimate of drug-likeness (QED) is 0.150. The average molecular weight is 734 g/mol. The molecule has 0 saturated heterocycles. The van der Waals surface area contributed by atoms with Crippen LogP contribution in [-0.2, 0) is 0 Å². The highest BCUT2D eigenvalue weighted by Crippen LogP contribution is 2.42. The predicted molar refractivity (Wildman–Crippen MR) is 243 cm³/mol. The summed E-state index contributed by atoms with van der Waals surface area (Å²) in [5, 5.41) is 4.00. The fourth-order valence-corrected chi connectivity index (χ4v) is 7.54. The molecule has 0 spiro atoms. The van der Waals surface area contributed by atoms with Gasteiger partial charge in [0.2, 0.25) is 0 Å². The highest BCUT2D eigenvalue weighted by Gasteiger charge is 2.17. The van der Waals surface area contributed by atoms with E-state index in [9.17, 15) is 8.22 Å². The first-order valence-corrected chi connectivity index (χ1v) is 18.9. The maximum absolute atomic E-state index is 9.81. The average Bonchev–Trinajstić information content (AvgIpc) is 3.35. The summed E-state index contributed by atoms with van der Waals surface area (Å²) in [4.78, 5) is 1.40. The molecule has 0 amide bonds. The van der Waals surface area contributed by atoms with Crippen molar-refractivity contribution >= 4 is 38.6 Å². The number of benzene rings is 10. The lowest BCUT2D eigenvalue weighted by molar-refractivity contribution is 1.28. The molecule has 1 heteroatoms. The SMILES string of the molecule is [2H]c1c([2H])c(-c2ccc3ccccc3c2)c([2H])c(N(c2ccc(-c3ccc4ccccc4c3-c3ccccc3)cc2)c2c([2H])c([2H])c(-c3ccc(-c4ccccc4)cc3)c([2H])c2[2H])c1[2H]. The normalized spacial score (nSPS) is 13.1. The van der Waals surface area contributed by atoms with Gasteiger partial charge in [0, 0.05) is 17.1 Å². The second-order valence-electron chi connectivity index (χ2n) is 13.9. The van der Waals surface area contributed by atoms with E-state index in [2.05, 4.69) is 36.4 Å². The lowest BCUT2D eigenvalue weighted by atomic mass is 9.90. The van der Waals surface area contributed by atoms with Gasteiger partial charge in [-0.1, -0.05) is 194 Å². The van der Waals surface area contributed by atoms with Crippen molar-refractivity contribution < 1.29 is 11.0 Å². The Morgan fingerprint density at radius 3 is 1.61 bits per heavy atom. The van der Waals surface area contributed by atoms with Crippen molar-refractivity contribution in [3.63, 3.8) is 0 Å². The first-order chi connectivity index (χ1) is 31.6. The molecular weight excluding hydrogens is 687 g/mol. The largest absolute Gasteiger partial charge is 0.310 e. The lowest BCUT2D eigenvalue weighted by Gasteiger charge is -2.26. The molecular formula is C56H39N. The molecule has 10 aromatic rings. The summed E-state index contributed by atoms with van der Waals surface area (Å²) >= 11 is 0. The second-order valence-corrected chi connectivity index (χ2v) is 13.9. The van der Waals surface area contributed by atoms with Crippen LogP contribution in [0.1, 0.15) is 11.0 Å². The van der Waals surface area contributed by atoms with Crippen molar-refractivity contribution in [1.29, 1.82) is 0 Å². The van der Waals surface area contributed by atoms with Gasteiger partial charge >= 0.3 is 0 Å². The van der Waals surface area contributed by atoms with E-state index >= 15 is 0 Å². The summed E-state index contributed by atoms with van der Waals surface area (Å²) in [6, 6.07) is 57.6. The summed E-state index contributed by atoms with van der Waals surface area (Å²) in [5.41, 5.74) is 7.11. The fraction of sp³-hybridized carbons (Fsp3) is 0. The van der Waals surface area contributed by atoms with Crippen LogP contribution in [0.2, 0.25) is 0 Å². The van der Waals surface area contributed by atoms with E-state index in [4.69, 9.17) is 2.74 Å². The van der Waals surface area contributed by atoms with E-state index in [1.807, 2.05) is 121 Å². The summed E-state index contributed by atoms with van der Waals surface area (Å²) in [6.07, 6.45) is 0. The van der Waals surface area contributed by atoms with Gasteiger partial charge in [-0.25, -0.2) is 0 Å². The highest BCUT2D eigenvalue weighted by molar-refractivity contribution is 6.04. The van der Waals surface area contributed by atoms with E-state index < -0.39 is 12.1 Å². The van der Waals surface area contributed by atoms with Crippen LogP contribution in [-0.4, -0.2) is 0 Å². The molecule has 1 nitrogen and oxygen atoms in total. The molecule has 0 aliphatic rings. The number of fused-ring (bicyclic) bond motifs is 2. The van der Waals surface area contributed by atoms with Gasteiger partial charge in [-0.2, -0.15) is 0 Å². The van der Waals surface area contributed by atoms with Crippen molar-refractivity contribution in [2.24, 2.45) is 0 Å². The van der Waals surface area contributed by atoms with Gasteiger partial charge in [0.25, 0.3) is 0 Å². The highest BCUT2D eigenvalue weighted by atomic mass is 15.1. The van der Waals surface area contributed by atoms with E-state index in [0.717, 1.165) is 54.9 Å². The van der Waals surface area contributed by atoms with E-state index in [0.29, 0.717) is 16.8 Å². The molecule has 0 N–H and O–H groups in total.